The highest BCUT2D eigenvalue weighted by atomic mass is 19.4. The van der Waals surface area contributed by atoms with Gasteiger partial charge in [0.1, 0.15) is 17.6 Å². The number of fused-ring (bicyclic) bond motifs is 1. The quantitative estimate of drug-likeness (QED) is 0.750. The predicted octanol–water partition coefficient (Wildman–Crippen LogP) is 2.73. The van der Waals surface area contributed by atoms with E-state index in [1.54, 1.807) is 18.2 Å². The third kappa shape index (κ3) is 3.12. The van der Waals surface area contributed by atoms with Gasteiger partial charge in [-0.05, 0) is 29.8 Å². The van der Waals surface area contributed by atoms with Crippen molar-refractivity contribution in [2.75, 3.05) is 0 Å². The number of rotatable bonds is 3. The molecule has 1 N–H and O–H groups in total. The van der Waals surface area contributed by atoms with Crippen LogP contribution in [0.15, 0.2) is 36.5 Å². The molecule has 9 heteroatoms. The minimum atomic E-state index is -4.68. The highest BCUT2D eigenvalue weighted by Crippen LogP contribution is 2.31. The fourth-order valence-corrected chi connectivity index (χ4v) is 1.99. The van der Waals surface area contributed by atoms with E-state index in [1.807, 2.05) is 0 Å². The summed E-state index contributed by atoms with van der Waals surface area (Å²) >= 11 is 0. The van der Waals surface area contributed by atoms with Crippen LogP contribution < -0.4 is 0 Å². The second-order valence-corrected chi connectivity index (χ2v) is 4.62. The first kappa shape index (κ1) is 14.9. The number of nitrogens with one attached hydrogen (secondary N) is 1. The van der Waals surface area contributed by atoms with Crippen molar-refractivity contribution in [3.8, 4) is 0 Å². The number of hydrogen-bond donors (Lipinski definition) is 1. The maximum Gasteiger partial charge on any atom is 0.418 e. The molecule has 3 aromatic rings. The summed E-state index contributed by atoms with van der Waals surface area (Å²) in [7, 11) is 0. The van der Waals surface area contributed by atoms with Gasteiger partial charge in [0.2, 0.25) is 0 Å². The Hall–Kier alpha value is -2.97. The van der Waals surface area contributed by atoms with Crippen molar-refractivity contribution in [2.45, 2.75) is 12.8 Å². The molecule has 0 saturated heterocycles. The Morgan fingerprint density at radius 2 is 1.96 bits per heavy atom. The van der Waals surface area contributed by atoms with Gasteiger partial charge in [-0.25, -0.2) is 9.78 Å². The van der Waals surface area contributed by atoms with E-state index in [9.17, 15) is 18.0 Å². The zero-order chi connectivity index (χ0) is 16.4. The molecule has 0 bridgehead atoms. The van der Waals surface area contributed by atoms with E-state index in [0.29, 0.717) is 16.6 Å². The lowest BCUT2D eigenvalue weighted by Gasteiger charge is -2.11. The molecule has 118 valence electrons. The van der Waals surface area contributed by atoms with Crippen LogP contribution in [0.2, 0.25) is 0 Å². The summed E-state index contributed by atoms with van der Waals surface area (Å²) in [6.45, 7) is -0.199. The third-order valence-corrected chi connectivity index (χ3v) is 3.06. The van der Waals surface area contributed by atoms with Gasteiger partial charge in [0.15, 0.2) is 5.69 Å². The van der Waals surface area contributed by atoms with Gasteiger partial charge in [0.25, 0.3) is 0 Å². The van der Waals surface area contributed by atoms with Crippen LogP contribution in [0, 0.1) is 0 Å². The summed E-state index contributed by atoms with van der Waals surface area (Å²) in [5.74, 6) is -1.14. The molecule has 0 atom stereocenters. The summed E-state index contributed by atoms with van der Waals surface area (Å²) in [4.78, 5) is 15.4. The standard InChI is InChI=1S/C14H9F3N4O2/c15-14(16,17)9-2-1-5-18-12(9)13(22)23-7-8-3-4-10-11(6-8)20-21-19-10/h1-6H,7H2,(H,19,20,21). The zero-order valence-corrected chi connectivity index (χ0v) is 11.5. The first-order chi connectivity index (χ1) is 10.9. The second kappa shape index (κ2) is 5.67. The molecule has 0 radical (unpaired) electrons. The monoisotopic (exact) mass is 322 g/mol. The lowest BCUT2D eigenvalue weighted by atomic mass is 10.2. The third-order valence-electron chi connectivity index (χ3n) is 3.06. The number of halogens is 3. The topological polar surface area (TPSA) is 80.8 Å². The molecule has 1 aromatic carbocycles. The van der Waals surface area contributed by atoms with Gasteiger partial charge in [-0.15, -0.1) is 0 Å². The molecule has 6 nitrogen and oxygen atoms in total. The van der Waals surface area contributed by atoms with Crippen molar-refractivity contribution >= 4 is 17.0 Å². The van der Waals surface area contributed by atoms with Crippen molar-refractivity contribution in [1.82, 2.24) is 20.4 Å². The van der Waals surface area contributed by atoms with Gasteiger partial charge < -0.3 is 4.74 Å². The molecule has 0 aliphatic rings. The highest BCUT2D eigenvalue weighted by molar-refractivity contribution is 5.89. The molecule has 3 rings (SSSR count). The number of hydrogen-bond acceptors (Lipinski definition) is 5. The molecule has 0 amide bonds. The Kier molecular flexibility index (Phi) is 3.68. The number of benzene rings is 1. The Balaban J connectivity index is 1.77. The summed E-state index contributed by atoms with van der Waals surface area (Å²) < 4.78 is 43.4. The largest absolute Gasteiger partial charge is 0.456 e. The Morgan fingerprint density at radius 3 is 2.74 bits per heavy atom. The van der Waals surface area contributed by atoms with Gasteiger partial charge in [0, 0.05) is 6.20 Å². The van der Waals surface area contributed by atoms with Gasteiger partial charge in [-0.3, -0.25) is 0 Å². The van der Waals surface area contributed by atoms with Crippen molar-refractivity contribution in [3.05, 3.63) is 53.3 Å². The first-order valence-corrected chi connectivity index (χ1v) is 6.44. The second-order valence-electron chi connectivity index (χ2n) is 4.62. The van der Waals surface area contributed by atoms with Gasteiger partial charge in [0.05, 0.1) is 5.56 Å². The molecule has 2 aromatic heterocycles. The van der Waals surface area contributed by atoms with Crippen molar-refractivity contribution in [3.63, 3.8) is 0 Å². The smallest absolute Gasteiger partial charge is 0.418 e. The number of carbonyl (C=O) groups is 1. The van der Waals surface area contributed by atoms with Crippen LogP contribution >= 0.6 is 0 Å². The fourth-order valence-electron chi connectivity index (χ4n) is 1.99. The number of nitrogens with zero attached hydrogens (tertiary/aromatic N) is 3. The first-order valence-electron chi connectivity index (χ1n) is 6.44. The van der Waals surface area contributed by atoms with Gasteiger partial charge in [-0.1, -0.05) is 6.07 Å². The number of H-pyrrole nitrogens is 1. The molecule has 0 spiro atoms. The predicted molar refractivity (Wildman–Crippen MR) is 72.2 cm³/mol. The molecule has 0 aliphatic heterocycles. The van der Waals surface area contributed by atoms with Gasteiger partial charge >= 0.3 is 12.1 Å². The van der Waals surface area contributed by atoms with Crippen LogP contribution in [0.25, 0.3) is 11.0 Å². The normalized spacial score (nSPS) is 11.6. The van der Waals surface area contributed by atoms with E-state index in [-0.39, 0.29) is 6.61 Å². The number of aromatic nitrogens is 4. The number of carbonyl (C=O) groups excluding carboxylic acids is 1. The van der Waals surface area contributed by atoms with E-state index in [1.165, 1.54) is 0 Å². The van der Waals surface area contributed by atoms with E-state index >= 15 is 0 Å². The number of ether oxygens (including phenoxy) is 1. The van der Waals surface area contributed by atoms with Crippen molar-refractivity contribution in [2.24, 2.45) is 0 Å². The summed E-state index contributed by atoms with van der Waals surface area (Å²) in [5.41, 5.74) is -0.125. The highest BCUT2D eigenvalue weighted by Gasteiger charge is 2.36. The van der Waals surface area contributed by atoms with E-state index < -0.39 is 23.4 Å². The van der Waals surface area contributed by atoms with Crippen molar-refractivity contribution < 1.29 is 22.7 Å². The molecule has 0 unspecified atom stereocenters. The lowest BCUT2D eigenvalue weighted by Crippen LogP contribution is -2.16. The van der Waals surface area contributed by atoms with E-state index in [4.69, 9.17) is 4.74 Å². The number of pyridine rings is 1. The molecule has 2 heterocycles. The van der Waals surface area contributed by atoms with Crippen LogP contribution in [0.5, 0.6) is 0 Å². The Morgan fingerprint density at radius 1 is 1.17 bits per heavy atom. The van der Waals surface area contributed by atoms with Crippen LogP contribution in [0.3, 0.4) is 0 Å². The molecule has 0 fully saturated rings. The maximum atomic E-state index is 12.8. The Bertz CT molecular complexity index is 860. The summed E-state index contributed by atoms with van der Waals surface area (Å²) in [6.07, 6.45) is -3.57. The minimum Gasteiger partial charge on any atom is -0.456 e. The molecule has 23 heavy (non-hydrogen) atoms. The van der Waals surface area contributed by atoms with Crippen molar-refractivity contribution in [1.29, 1.82) is 0 Å². The summed E-state index contributed by atoms with van der Waals surface area (Å²) in [5, 5.41) is 10.2. The Labute approximate surface area is 127 Å². The number of alkyl halides is 3. The zero-order valence-electron chi connectivity index (χ0n) is 11.5. The van der Waals surface area contributed by atoms with Gasteiger partial charge in [-0.2, -0.15) is 28.6 Å². The average molecular weight is 322 g/mol. The average Bonchev–Trinajstić information content (AvgIpc) is 2.99. The number of esters is 1. The summed E-state index contributed by atoms with van der Waals surface area (Å²) in [6, 6.07) is 6.81. The van der Waals surface area contributed by atoms with Crippen LogP contribution in [-0.2, 0) is 17.5 Å². The molecule has 0 saturated carbocycles. The van der Waals surface area contributed by atoms with Crippen LogP contribution in [-0.4, -0.2) is 26.4 Å². The molecule has 0 aliphatic carbocycles. The number of aromatic amines is 1. The fraction of sp³-hybridized carbons (Fsp3) is 0.143. The van der Waals surface area contributed by atoms with Crippen LogP contribution in [0.1, 0.15) is 21.6 Å². The maximum absolute atomic E-state index is 12.8. The van der Waals surface area contributed by atoms with E-state index in [2.05, 4.69) is 20.4 Å². The van der Waals surface area contributed by atoms with Crippen LogP contribution in [0.4, 0.5) is 13.2 Å². The van der Waals surface area contributed by atoms with E-state index in [0.717, 1.165) is 18.3 Å². The lowest BCUT2D eigenvalue weighted by molar-refractivity contribution is -0.138. The minimum absolute atomic E-state index is 0.199. The SMILES string of the molecule is O=C(OCc1ccc2n[nH]nc2c1)c1ncccc1C(F)(F)F. The molecular formula is C14H9F3N4O2. The molecular weight excluding hydrogens is 313 g/mol.